The normalized spacial score (nSPS) is 24.4. The Labute approximate surface area is 84.3 Å². The Balaban J connectivity index is 1.96. The van der Waals surface area contributed by atoms with Crippen LogP contribution in [0.25, 0.3) is 0 Å². The third-order valence-electron chi connectivity index (χ3n) is 2.65. The Morgan fingerprint density at radius 1 is 1.43 bits per heavy atom. The highest BCUT2D eigenvalue weighted by Gasteiger charge is 2.43. The molecule has 0 spiro atoms. The number of nitrogens with one attached hydrogen (secondary N) is 1. The van der Waals surface area contributed by atoms with Crippen molar-refractivity contribution in [2.24, 2.45) is 5.92 Å². The summed E-state index contributed by atoms with van der Waals surface area (Å²) < 4.78 is 0. The van der Waals surface area contributed by atoms with E-state index < -0.39 is 0 Å². The van der Waals surface area contributed by atoms with Gasteiger partial charge in [-0.05, 0) is 24.8 Å². The van der Waals surface area contributed by atoms with E-state index in [0.717, 1.165) is 6.42 Å². The van der Waals surface area contributed by atoms with Gasteiger partial charge in [0.2, 0.25) is 5.91 Å². The van der Waals surface area contributed by atoms with Crippen molar-refractivity contribution in [3.05, 3.63) is 42.8 Å². The molecule has 1 aromatic rings. The molecule has 0 heterocycles. The minimum Gasteiger partial charge on any atom is -0.356 e. The number of benzene rings is 1. The van der Waals surface area contributed by atoms with E-state index in [1.807, 2.05) is 18.2 Å². The second-order valence-corrected chi connectivity index (χ2v) is 3.65. The van der Waals surface area contributed by atoms with Crippen molar-refractivity contribution in [3.8, 4) is 0 Å². The van der Waals surface area contributed by atoms with Crippen molar-refractivity contribution in [3.63, 3.8) is 0 Å². The van der Waals surface area contributed by atoms with E-state index in [1.165, 1.54) is 5.56 Å². The van der Waals surface area contributed by atoms with Crippen LogP contribution in [0.15, 0.2) is 30.3 Å². The lowest BCUT2D eigenvalue weighted by molar-refractivity contribution is -0.122. The standard InChI is InChI=1S/C12H14NO/c1-2-13-12(14)11-8-10(11)9-6-4-3-5-7-9/h3-7,10-11H,1-2,8H2,(H,13,14). The summed E-state index contributed by atoms with van der Waals surface area (Å²) in [6.07, 6.45) is 0.982. The molecule has 0 aliphatic heterocycles. The fourth-order valence-corrected chi connectivity index (χ4v) is 1.81. The van der Waals surface area contributed by atoms with E-state index in [0.29, 0.717) is 12.5 Å². The summed E-state index contributed by atoms with van der Waals surface area (Å²) in [5.74, 6) is 0.760. The maximum atomic E-state index is 11.4. The molecule has 1 saturated carbocycles. The van der Waals surface area contributed by atoms with E-state index in [2.05, 4.69) is 24.4 Å². The zero-order chi connectivity index (χ0) is 9.97. The first-order valence-corrected chi connectivity index (χ1v) is 4.95. The van der Waals surface area contributed by atoms with E-state index in [1.54, 1.807) is 0 Å². The minimum absolute atomic E-state index is 0.147. The van der Waals surface area contributed by atoms with Gasteiger partial charge in [-0.1, -0.05) is 30.3 Å². The lowest BCUT2D eigenvalue weighted by Gasteiger charge is -2.00. The Bertz CT molecular complexity index is 320. The number of rotatable bonds is 3. The molecule has 0 saturated heterocycles. The molecule has 1 aromatic carbocycles. The van der Waals surface area contributed by atoms with Crippen LogP contribution in [0.1, 0.15) is 17.9 Å². The van der Waals surface area contributed by atoms with Crippen LogP contribution in [-0.2, 0) is 4.79 Å². The van der Waals surface area contributed by atoms with E-state index in [9.17, 15) is 4.79 Å². The maximum absolute atomic E-state index is 11.4. The van der Waals surface area contributed by atoms with Gasteiger partial charge in [-0.15, -0.1) is 0 Å². The summed E-state index contributed by atoms with van der Waals surface area (Å²) in [5, 5.41) is 2.76. The van der Waals surface area contributed by atoms with E-state index in [-0.39, 0.29) is 11.8 Å². The number of amides is 1. The van der Waals surface area contributed by atoms with Crippen molar-refractivity contribution in [1.29, 1.82) is 0 Å². The molecule has 0 bridgehead atoms. The highest BCUT2D eigenvalue weighted by atomic mass is 16.2. The van der Waals surface area contributed by atoms with Gasteiger partial charge in [-0.2, -0.15) is 0 Å². The summed E-state index contributed by atoms with van der Waals surface area (Å²) in [5.41, 5.74) is 1.27. The quantitative estimate of drug-likeness (QED) is 0.769. The monoisotopic (exact) mass is 188 g/mol. The van der Waals surface area contributed by atoms with Crippen molar-refractivity contribution in [2.75, 3.05) is 6.54 Å². The molecule has 2 unspecified atom stereocenters. The van der Waals surface area contributed by atoms with Gasteiger partial charge >= 0.3 is 0 Å². The fourth-order valence-electron chi connectivity index (χ4n) is 1.81. The Morgan fingerprint density at radius 3 is 2.79 bits per heavy atom. The van der Waals surface area contributed by atoms with Crippen LogP contribution < -0.4 is 5.32 Å². The molecule has 1 aliphatic carbocycles. The van der Waals surface area contributed by atoms with Crippen molar-refractivity contribution in [1.82, 2.24) is 5.32 Å². The Morgan fingerprint density at radius 2 is 2.14 bits per heavy atom. The molecule has 2 heteroatoms. The van der Waals surface area contributed by atoms with E-state index in [4.69, 9.17) is 0 Å². The minimum atomic E-state index is 0.147. The van der Waals surface area contributed by atoms with Crippen LogP contribution in [-0.4, -0.2) is 12.5 Å². The third-order valence-corrected chi connectivity index (χ3v) is 2.65. The molecule has 1 radical (unpaired) electrons. The molecule has 73 valence electrons. The maximum Gasteiger partial charge on any atom is 0.223 e. The SMILES string of the molecule is [CH2]CNC(=O)C1CC1c1ccccc1. The number of carbonyl (C=O) groups is 1. The first-order chi connectivity index (χ1) is 6.83. The summed E-state index contributed by atoms with van der Waals surface area (Å²) in [7, 11) is 0. The first kappa shape index (κ1) is 9.25. The van der Waals surface area contributed by atoms with Crippen LogP contribution in [0.4, 0.5) is 0 Å². The predicted octanol–water partition coefficient (Wildman–Crippen LogP) is 1.74. The van der Waals surface area contributed by atoms with Gasteiger partial charge in [0.25, 0.3) is 0 Å². The van der Waals surface area contributed by atoms with Gasteiger partial charge in [-0.25, -0.2) is 0 Å². The molecule has 2 nitrogen and oxygen atoms in total. The van der Waals surface area contributed by atoms with Gasteiger partial charge in [0.15, 0.2) is 0 Å². The Kier molecular flexibility index (Phi) is 2.53. The molecule has 0 aromatic heterocycles. The molecule has 1 N–H and O–H groups in total. The first-order valence-electron chi connectivity index (χ1n) is 4.95. The van der Waals surface area contributed by atoms with Crippen LogP contribution in [0.2, 0.25) is 0 Å². The molecule has 14 heavy (non-hydrogen) atoms. The average Bonchev–Trinajstić information content (AvgIpc) is 2.99. The van der Waals surface area contributed by atoms with Gasteiger partial charge in [0.05, 0.1) is 0 Å². The highest BCUT2D eigenvalue weighted by Crippen LogP contribution is 2.47. The molecular weight excluding hydrogens is 174 g/mol. The summed E-state index contributed by atoms with van der Waals surface area (Å²) in [4.78, 5) is 11.4. The number of carbonyl (C=O) groups excluding carboxylic acids is 1. The molecule has 2 atom stereocenters. The smallest absolute Gasteiger partial charge is 0.223 e. The largest absolute Gasteiger partial charge is 0.356 e. The van der Waals surface area contributed by atoms with Gasteiger partial charge in [0.1, 0.15) is 0 Å². The van der Waals surface area contributed by atoms with Gasteiger partial charge < -0.3 is 5.32 Å². The van der Waals surface area contributed by atoms with Crippen molar-refractivity contribution < 1.29 is 4.79 Å². The summed E-state index contributed by atoms with van der Waals surface area (Å²) in [6.45, 7) is 4.08. The molecule has 1 amide bonds. The second kappa shape index (κ2) is 3.82. The molecule has 1 aliphatic rings. The highest BCUT2D eigenvalue weighted by molar-refractivity contribution is 5.82. The lowest BCUT2D eigenvalue weighted by Crippen LogP contribution is -2.24. The van der Waals surface area contributed by atoms with Crippen molar-refractivity contribution in [2.45, 2.75) is 12.3 Å². The topological polar surface area (TPSA) is 29.1 Å². The summed E-state index contributed by atoms with van der Waals surface area (Å²) >= 11 is 0. The number of hydrogen-bond donors (Lipinski definition) is 1. The molecule has 2 rings (SSSR count). The molecular formula is C12H14NO. The Hall–Kier alpha value is -1.31. The third kappa shape index (κ3) is 1.79. The van der Waals surface area contributed by atoms with Crippen LogP contribution in [0.3, 0.4) is 0 Å². The zero-order valence-corrected chi connectivity index (χ0v) is 8.07. The molecule has 1 fully saturated rings. The van der Waals surface area contributed by atoms with Crippen LogP contribution in [0, 0.1) is 12.8 Å². The average molecular weight is 188 g/mol. The predicted molar refractivity (Wildman–Crippen MR) is 55.7 cm³/mol. The zero-order valence-electron chi connectivity index (χ0n) is 8.07. The van der Waals surface area contributed by atoms with E-state index >= 15 is 0 Å². The van der Waals surface area contributed by atoms with Crippen LogP contribution in [0.5, 0.6) is 0 Å². The second-order valence-electron chi connectivity index (χ2n) is 3.65. The van der Waals surface area contributed by atoms with Gasteiger partial charge in [-0.3, -0.25) is 4.79 Å². The fraction of sp³-hybridized carbons (Fsp3) is 0.333. The number of hydrogen-bond acceptors (Lipinski definition) is 1. The van der Waals surface area contributed by atoms with Crippen molar-refractivity contribution >= 4 is 5.91 Å². The van der Waals surface area contributed by atoms with Gasteiger partial charge in [0, 0.05) is 12.5 Å². The van der Waals surface area contributed by atoms with Crippen LogP contribution >= 0.6 is 0 Å². The summed E-state index contributed by atoms with van der Waals surface area (Å²) in [6, 6.07) is 10.2. The lowest BCUT2D eigenvalue weighted by atomic mass is 10.1.